The van der Waals surface area contributed by atoms with Crippen LogP contribution in [0, 0.1) is 0 Å². The quantitative estimate of drug-likeness (QED) is 0.699. The van der Waals surface area contributed by atoms with Crippen molar-refractivity contribution in [1.29, 1.82) is 0 Å². The molecule has 2 aliphatic heterocycles. The number of rotatable bonds is 8. The fourth-order valence-electron chi connectivity index (χ4n) is 4.56. The third-order valence-electron chi connectivity index (χ3n) is 5.99. The highest BCUT2D eigenvalue weighted by atomic mass is 16.5. The fourth-order valence-corrected chi connectivity index (χ4v) is 4.56. The summed E-state index contributed by atoms with van der Waals surface area (Å²) in [5.74, 6) is 1.78. The number of pyridine rings is 1. The van der Waals surface area contributed by atoms with Crippen molar-refractivity contribution in [2.75, 3.05) is 56.4 Å². The fraction of sp³-hybridized carbons (Fsp3) is 0.542. The lowest BCUT2D eigenvalue weighted by molar-refractivity contribution is 0.0920. The van der Waals surface area contributed by atoms with Crippen molar-refractivity contribution in [1.82, 2.24) is 4.98 Å². The molecular weight excluding hydrogens is 394 g/mol. The lowest BCUT2D eigenvalue weighted by atomic mass is 10.0. The number of H-pyrrole nitrogens is 1. The first-order chi connectivity index (χ1) is 15.1. The molecule has 4 rings (SSSR count). The van der Waals surface area contributed by atoms with Crippen molar-refractivity contribution in [3.8, 4) is 5.75 Å². The number of aromatic amines is 1. The van der Waals surface area contributed by atoms with Gasteiger partial charge in [-0.25, -0.2) is 0 Å². The van der Waals surface area contributed by atoms with Crippen LogP contribution in [0.4, 0.5) is 11.5 Å². The molecule has 1 aromatic heterocycles. The molecule has 0 amide bonds. The Morgan fingerprint density at radius 2 is 2.03 bits per heavy atom. The van der Waals surface area contributed by atoms with Crippen molar-refractivity contribution >= 4 is 11.5 Å². The first-order valence-electron chi connectivity index (χ1n) is 11.2. The van der Waals surface area contributed by atoms with Gasteiger partial charge in [0.15, 0.2) is 0 Å². The van der Waals surface area contributed by atoms with E-state index in [4.69, 9.17) is 14.2 Å². The van der Waals surface area contributed by atoms with Gasteiger partial charge in [-0.2, -0.15) is 0 Å². The first kappa shape index (κ1) is 21.7. The van der Waals surface area contributed by atoms with Crippen LogP contribution in [-0.4, -0.2) is 63.7 Å². The van der Waals surface area contributed by atoms with Gasteiger partial charge in [-0.15, -0.1) is 0 Å². The van der Waals surface area contributed by atoms with Crippen LogP contribution in [0.2, 0.25) is 0 Å². The summed E-state index contributed by atoms with van der Waals surface area (Å²) in [5, 5.41) is 0. The first-order valence-corrected chi connectivity index (χ1v) is 11.2. The van der Waals surface area contributed by atoms with Crippen molar-refractivity contribution < 1.29 is 14.2 Å². The van der Waals surface area contributed by atoms with E-state index in [0.717, 1.165) is 56.2 Å². The minimum absolute atomic E-state index is 0.0104. The molecule has 0 spiro atoms. The summed E-state index contributed by atoms with van der Waals surface area (Å²) >= 11 is 0. The summed E-state index contributed by atoms with van der Waals surface area (Å²) in [4.78, 5) is 20.1. The molecule has 2 aliphatic rings. The molecular formula is C24H33N3O4. The number of benzene rings is 1. The standard InChI is InChI=1S/C24H33N3O4/c1-18(17-29-2)31-22-7-3-5-19(14-22)13-20-6-4-8-27(20)23-15-21(16-24(28)25-23)26-9-11-30-12-10-26/h3,5,7,14-16,18,20H,4,6,8-13,17H2,1-2H3,(H,25,28). The van der Waals surface area contributed by atoms with Gasteiger partial charge in [0.1, 0.15) is 17.7 Å². The van der Waals surface area contributed by atoms with E-state index in [1.165, 1.54) is 5.56 Å². The van der Waals surface area contributed by atoms with Gasteiger partial charge in [0, 0.05) is 50.6 Å². The highest BCUT2D eigenvalue weighted by Gasteiger charge is 2.26. The van der Waals surface area contributed by atoms with Crippen molar-refractivity contribution in [3.63, 3.8) is 0 Å². The van der Waals surface area contributed by atoms with E-state index in [-0.39, 0.29) is 11.7 Å². The zero-order valence-electron chi connectivity index (χ0n) is 18.5. The van der Waals surface area contributed by atoms with Gasteiger partial charge >= 0.3 is 0 Å². The normalized spacial score (nSPS) is 20.1. The van der Waals surface area contributed by atoms with E-state index in [2.05, 4.69) is 33.0 Å². The number of nitrogens with zero attached hydrogens (tertiary/aromatic N) is 2. The predicted molar refractivity (Wildman–Crippen MR) is 123 cm³/mol. The molecule has 0 radical (unpaired) electrons. The summed E-state index contributed by atoms with van der Waals surface area (Å²) in [6.07, 6.45) is 3.15. The topological polar surface area (TPSA) is 67.0 Å². The van der Waals surface area contributed by atoms with Crippen molar-refractivity contribution in [2.24, 2.45) is 0 Å². The minimum Gasteiger partial charge on any atom is -0.488 e. The summed E-state index contributed by atoms with van der Waals surface area (Å²) in [7, 11) is 1.68. The van der Waals surface area contributed by atoms with Crippen LogP contribution in [0.15, 0.2) is 41.2 Å². The molecule has 3 heterocycles. The van der Waals surface area contributed by atoms with Crippen LogP contribution < -0.4 is 20.1 Å². The SMILES string of the molecule is COCC(C)Oc1cccc(CC2CCCN2c2cc(N3CCOCC3)cc(=O)[nH]2)c1. The Kier molecular flexibility index (Phi) is 7.14. The molecule has 7 heteroatoms. The summed E-state index contributed by atoms with van der Waals surface area (Å²) in [5.41, 5.74) is 2.17. The van der Waals surface area contributed by atoms with Gasteiger partial charge < -0.3 is 29.0 Å². The lowest BCUT2D eigenvalue weighted by Crippen LogP contribution is -2.37. The largest absolute Gasteiger partial charge is 0.488 e. The molecule has 0 saturated carbocycles. The number of nitrogens with one attached hydrogen (secondary N) is 1. The zero-order chi connectivity index (χ0) is 21.6. The number of hydrogen-bond acceptors (Lipinski definition) is 6. The number of aromatic nitrogens is 1. The molecule has 2 aromatic rings. The van der Waals surface area contributed by atoms with Crippen LogP contribution in [0.1, 0.15) is 25.3 Å². The van der Waals surface area contributed by atoms with E-state index >= 15 is 0 Å². The second-order valence-corrected chi connectivity index (χ2v) is 8.41. The second kappa shape index (κ2) is 10.2. The molecule has 168 valence electrons. The summed E-state index contributed by atoms with van der Waals surface area (Å²) < 4.78 is 16.6. The van der Waals surface area contributed by atoms with E-state index in [0.29, 0.717) is 25.9 Å². The Morgan fingerprint density at radius 3 is 2.84 bits per heavy atom. The van der Waals surface area contributed by atoms with Gasteiger partial charge in [0.05, 0.1) is 19.8 Å². The summed E-state index contributed by atoms with van der Waals surface area (Å²) in [6.45, 7) is 6.57. The van der Waals surface area contributed by atoms with Gasteiger partial charge in [-0.3, -0.25) is 4.79 Å². The van der Waals surface area contributed by atoms with E-state index in [1.54, 1.807) is 13.2 Å². The third kappa shape index (κ3) is 5.60. The predicted octanol–water partition coefficient (Wildman–Crippen LogP) is 2.84. The number of morpholine rings is 1. The minimum atomic E-state index is -0.0489. The van der Waals surface area contributed by atoms with Gasteiger partial charge in [0.25, 0.3) is 5.56 Å². The Morgan fingerprint density at radius 1 is 1.19 bits per heavy atom. The second-order valence-electron chi connectivity index (χ2n) is 8.41. The third-order valence-corrected chi connectivity index (χ3v) is 5.99. The lowest BCUT2D eigenvalue weighted by Gasteiger charge is -2.31. The number of ether oxygens (including phenoxy) is 3. The van der Waals surface area contributed by atoms with Gasteiger partial charge in [-0.1, -0.05) is 12.1 Å². The van der Waals surface area contributed by atoms with Crippen LogP contribution in [0.3, 0.4) is 0 Å². The highest BCUT2D eigenvalue weighted by Crippen LogP contribution is 2.29. The Balaban J connectivity index is 1.48. The van der Waals surface area contributed by atoms with Crippen molar-refractivity contribution in [3.05, 3.63) is 52.3 Å². The number of methoxy groups -OCH3 is 1. The maximum absolute atomic E-state index is 12.4. The van der Waals surface area contributed by atoms with Crippen LogP contribution in [0.5, 0.6) is 5.75 Å². The maximum Gasteiger partial charge on any atom is 0.251 e. The average molecular weight is 428 g/mol. The number of hydrogen-bond donors (Lipinski definition) is 1. The number of anilines is 2. The Bertz CT molecular complexity index is 910. The average Bonchev–Trinajstić information content (AvgIpc) is 3.22. The Hall–Kier alpha value is -2.51. The van der Waals surface area contributed by atoms with Crippen molar-refractivity contribution in [2.45, 2.75) is 38.3 Å². The van der Waals surface area contributed by atoms with Crippen LogP contribution in [0.25, 0.3) is 0 Å². The monoisotopic (exact) mass is 427 g/mol. The highest BCUT2D eigenvalue weighted by molar-refractivity contribution is 5.56. The van der Waals surface area contributed by atoms with E-state index < -0.39 is 0 Å². The molecule has 2 unspecified atom stereocenters. The molecule has 2 fully saturated rings. The molecule has 1 aromatic carbocycles. The molecule has 1 N–H and O–H groups in total. The smallest absolute Gasteiger partial charge is 0.251 e. The molecule has 31 heavy (non-hydrogen) atoms. The molecule has 0 bridgehead atoms. The summed E-state index contributed by atoms with van der Waals surface area (Å²) in [6, 6.07) is 12.5. The zero-order valence-corrected chi connectivity index (χ0v) is 18.5. The Labute approximate surface area is 183 Å². The molecule has 0 aliphatic carbocycles. The van der Waals surface area contributed by atoms with Crippen LogP contribution in [-0.2, 0) is 15.9 Å². The molecule has 2 atom stereocenters. The maximum atomic E-state index is 12.4. The molecule has 7 nitrogen and oxygen atoms in total. The van der Waals surface area contributed by atoms with Gasteiger partial charge in [-0.05, 0) is 43.9 Å². The van der Waals surface area contributed by atoms with E-state index in [9.17, 15) is 4.79 Å². The van der Waals surface area contributed by atoms with E-state index in [1.807, 2.05) is 19.1 Å². The van der Waals surface area contributed by atoms with Gasteiger partial charge in [0.2, 0.25) is 0 Å². The van der Waals surface area contributed by atoms with Crippen LogP contribution >= 0.6 is 0 Å². The molecule has 2 saturated heterocycles.